The molecule has 0 atom stereocenters. The second-order valence-corrected chi connectivity index (χ2v) is 6.08. The van der Waals surface area contributed by atoms with E-state index in [0.717, 1.165) is 28.4 Å². The summed E-state index contributed by atoms with van der Waals surface area (Å²) in [5.74, 6) is 2.12. The topological polar surface area (TPSA) is 57.4 Å². The van der Waals surface area contributed by atoms with Crippen LogP contribution in [0.25, 0.3) is 0 Å². The average molecular weight is 323 g/mol. The van der Waals surface area contributed by atoms with Gasteiger partial charge in [0.25, 0.3) is 0 Å². The lowest BCUT2D eigenvalue weighted by Crippen LogP contribution is -1.97. The highest BCUT2D eigenvalue weighted by atomic mass is 35.5. The minimum atomic E-state index is 0.590. The van der Waals surface area contributed by atoms with E-state index >= 15 is 0 Å². The molecule has 2 heterocycles. The van der Waals surface area contributed by atoms with Crippen molar-refractivity contribution in [1.29, 1.82) is 0 Å². The zero-order valence-corrected chi connectivity index (χ0v) is 12.9. The van der Waals surface area contributed by atoms with Crippen molar-refractivity contribution in [3.63, 3.8) is 0 Å². The molecule has 3 rings (SSSR count). The second-order valence-electron chi connectivity index (χ2n) is 4.66. The molecule has 0 saturated carbocycles. The molecule has 4 nitrogen and oxygen atoms in total. The Hall–Kier alpha value is -1.59. The average Bonchev–Trinajstić information content (AvgIpc) is 2.72. The maximum atomic E-state index is 6.28. The second kappa shape index (κ2) is 6.45. The van der Waals surface area contributed by atoms with Crippen LogP contribution in [0, 0.1) is 0 Å². The van der Waals surface area contributed by atoms with Crippen molar-refractivity contribution in [1.82, 2.24) is 4.98 Å². The number of hydrogen-bond acceptors (Lipinski definition) is 5. The summed E-state index contributed by atoms with van der Waals surface area (Å²) >= 11 is 7.93. The number of benzene rings is 1. The van der Waals surface area contributed by atoms with Crippen LogP contribution in [0.5, 0.6) is 11.5 Å². The highest BCUT2D eigenvalue weighted by Crippen LogP contribution is 2.39. The van der Waals surface area contributed by atoms with Gasteiger partial charge in [0.15, 0.2) is 11.5 Å². The van der Waals surface area contributed by atoms with Gasteiger partial charge in [0.05, 0.1) is 30.1 Å². The number of halogens is 1. The smallest absolute Gasteiger partial charge is 0.179 e. The molecule has 2 aromatic rings. The zero-order valence-electron chi connectivity index (χ0n) is 11.3. The Bertz CT molecular complexity index is 652. The molecule has 0 saturated heterocycles. The lowest BCUT2D eigenvalue weighted by atomic mass is 10.2. The van der Waals surface area contributed by atoms with Gasteiger partial charge >= 0.3 is 0 Å². The number of ether oxygens (including phenoxy) is 2. The van der Waals surface area contributed by atoms with Gasteiger partial charge in [-0.1, -0.05) is 11.6 Å². The van der Waals surface area contributed by atoms with Crippen LogP contribution in [-0.2, 0) is 5.75 Å². The summed E-state index contributed by atoms with van der Waals surface area (Å²) < 4.78 is 11.3. The number of fused-ring (bicyclic) bond motifs is 1. The summed E-state index contributed by atoms with van der Waals surface area (Å²) in [6, 6.07) is 5.81. The van der Waals surface area contributed by atoms with Gasteiger partial charge < -0.3 is 15.2 Å². The number of nitrogen functional groups attached to an aromatic ring is 1. The third-order valence-electron chi connectivity index (χ3n) is 3.07. The molecule has 0 unspecified atom stereocenters. The van der Waals surface area contributed by atoms with Crippen LogP contribution in [0.2, 0.25) is 5.02 Å². The predicted molar refractivity (Wildman–Crippen MR) is 85.3 cm³/mol. The molecule has 1 aromatic heterocycles. The van der Waals surface area contributed by atoms with E-state index in [1.54, 1.807) is 24.2 Å². The molecule has 0 fully saturated rings. The van der Waals surface area contributed by atoms with Gasteiger partial charge in [-0.05, 0) is 23.8 Å². The largest absolute Gasteiger partial charge is 0.489 e. The zero-order chi connectivity index (χ0) is 14.7. The molecule has 0 amide bonds. The van der Waals surface area contributed by atoms with Crippen molar-refractivity contribution in [2.45, 2.75) is 17.1 Å². The van der Waals surface area contributed by atoms with E-state index in [-0.39, 0.29) is 0 Å². The first-order chi connectivity index (χ1) is 10.2. The van der Waals surface area contributed by atoms with Crippen LogP contribution in [-0.4, -0.2) is 18.2 Å². The maximum absolute atomic E-state index is 6.28. The molecule has 2 N–H and O–H groups in total. The summed E-state index contributed by atoms with van der Waals surface area (Å²) in [4.78, 5) is 4.99. The molecule has 21 heavy (non-hydrogen) atoms. The maximum Gasteiger partial charge on any atom is 0.179 e. The molecule has 0 spiro atoms. The van der Waals surface area contributed by atoms with Crippen molar-refractivity contribution >= 4 is 29.1 Å². The van der Waals surface area contributed by atoms with Crippen LogP contribution < -0.4 is 15.2 Å². The lowest BCUT2D eigenvalue weighted by Gasteiger charge is -2.11. The first-order valence-corrected chi connectivity index (χ1v) is 8.00. The highest BCUT2D eigenvalue weighted by molar-refractivity contribution is 7.98. The number of rotatable bonds is 3. The molecule has 1 aromatic carbocycles. The van der Waals surface area contributed by atoms with Crippen molar-refractivity contribution < 1.29 is 9.47 Å². The highest BCUT2D eigenvalue weighted by Gasteiger charge is 2.15. The normalized spacial score (nSPS) is 13.8. The summed E-state index contributed by atoms with van der Waals surface area (Å²) in [6.07, 6.45) is 4.26. The Kier molecular flexibility index (Phi) is 4.41. The van der Waals surface area contributed by atoms with Crippen molar-refractivity contribution in [3.05, 3.63) is 41.2 Å². The van der Waals surface area contributed by atoms with Crippen LogP contribution in [0.3, 0.4) is 0 Å². The number of anilines is 1. The fraction of sp³-hybridized carbons (Fsp3) is 0.267. The van der Waals surface area contributed by atoms with Crippen LogP contribution in [0.1, 0.15) is 12.0 Å². The monoisotopic (exact) mass is 322 g/mol. The van der Waals surface area contributed by atoms with Gasteiger partial charge in [-0.15, -0.1) is 11.8 Å². The molecule has 0 radical (unpaired) electrons. The van der Waals surface area contributed by atoms with E-state index in [9.17, 15) is 0 Å². The summed E-state index contributed by atoms with van der Waals surface area (Å²) in [6.45, 7) is 1.28. The number of nitrogens with zero attached hydrogens (tertiary/aromatic N) is 1. The summed E-state index contributed by atoms with van der Waals surface area (Å²) in [5, 5.41) is 0.590. The fourth-order valence-corrected chi connectivity index (χ4v) is 3.21. The van der Waals surface area contributed by atoms with E-state index in [4.69, 9.17) is 26.8 Å². The Labute approximate surface area is 132 Å². The predicted octanol–water partition coefficient (Wildman–Crippen LogP) is 3.77. The van der Waals surface area contributed by atoms with Gasteiger partial charge in [0.2, 0.25) is 0 Å². The molecule has 110 valence electrons. The van der Waals surface area contributed by atoms with Crippen molar-refractivity contribution in [3.8, 4) is 11.5 Å². The van der Waals surface area contributed by atoms with E-state index < -0.39 is 0 Å². The molecular weight excluding hydrogens is 308 g/mol. The molecule has 0 aliphatic carbocycles. The number of nitrogens with two attached hydrogens (primary N) is 1. The van der Waals surface area contributed by atoms with Gasteiger partial charge in [0.1, 0.15) is 0 Å². The van der Waals surface area contributed by atoms with E-state index in [1.807, 2.05) is 18.2 Å². The van der Waals surface area contributed by atoms with Crippen LogP contribution >= 0.6 is 23.4 Å². The SMILES string of the molecule is Nc1cnccc1SCc1cc(Cl)c2c(c1)OCCCO2. The third-order valence-corrected chi connectivity index (χ3v) is 4.51. The number of pyridine rings is 1. The third kappa shape index (κ3) is 3.36. The van der Waals surface area contributed by atoms with Gasteiger partial charge in [-0.3, -0.25) is 4.98 Å². The van der Waals surface area contributed by atoms with Crippen molar-refractivity contribution in [2.24, 2.45) is 0 Å². The molecule has 1 aliphatic rings. The van der Waals surface area contributed by atoms with Gasteiger partial charge in [0, 0.05) is 23.3 Å². The molecule has 6 heteroatoms. The van der Waals surface area contributed by atoms with Gasteiger partial charge in [-0.25, -0.2) is 0 Å². The first-order valence-electron chi connectivity index (χ1n) is 6.64. The Balaban J connectivity index is 1.79. The number of hydrogen-bond donors (Lipinski definition) is 1. The van der Waals surface area contributed by atoms with Crippen LogP contribution in [0.15, 0.2) is 35.5 Å². The van der Waals surface area contributed by atoms with Gasteiger partial charge in [-0.2, -0.15) is 0 Å². The fourth-order valence-electron chi connectivity index (χ4n) is 2.05. The number of aromatic nitrogens is 1. The molecule has 0 bridgehead atoms. The summed E-state index contributed by atoms with van der Waals surface area (Å²) in [5.41, 5.74) is 7.65. The lowest BCUT2D eigenvalue weighted by molar-refractivity contribution is 0.297. The standard InChI is InChI=1S/C15H15ClN2O2S/c16-11-6-10(7-13-15(11)20-5-1-4-19-13)9-21-14-2-3-18-8-12(14)17/h2-3,6-8H,1,4-5,9,17H2. The Morgan fingerprint density at radius 3 is 3.00 bits per heavy atom. The summed E-state index contributed by atoms with van der Waals surface area (Å²) in [7, 11) is 0. The van der Waals surface area contributed by atoms with Crippen molar-refractivity contribution in [2.75, 3.05) is 18.9 Å². The molecular formula is C15H15ClN2O2S. The first kappa shape index (κ1) is 14.4. The minimum Gasteiger partial charge on any atom is -0.489 e. The van der Waals surface area contributed by atoms with E-state index in [1.165, 1.54) is 0 Å². The minimum absolute atomic E-state index is 0.590. The van der Waals surface area contributed by atoms with E-state index in [0.29, 0.717) is 29.7 Å². The molecule has 1 aliphatic heterocycles. The number of thioether (sulfide) groups is 1. The van der Waals surface area contributed by atoms with E-state index in [2.05, 4.69) is 4.98 Å². The Morgan fingerprint density at radius 2 is 2.14 bits per heavy atom. The Morgan fingerprint density at radius 1 is 1.29 bits per heavy atom. The quantitative estimate of drug-likeness (QED) is 0.872. The van der Waals surface area contributed by atoms with Crippen LogP contribution in [0.4, 0.5) is 5.69 Å².